The van der Waals surface area contributed by atoms with Crippen molar-refractivity contribution >= 4 is 11.9 Å². The van der Waals surface area contributed by atoms with Crippen LogP contribution in [-0.4, -0.2) is 51.5 Å². The van der Waals surface area contributed by atoms with Gasteiger partial charge in [0.05, 0.1) is 26.2 Å². The minimum Gasteiger partial charge on any atom is -0.462 e. The second-order valence-corrected chi connectivity index (χ2v) is 15.1. The van der Waals surface area contributed by atoms with Crippen molar-refractivity contribution in [2.24, 2.45) is 46.3 Å². The number of hydrogen-bond acceptors (Lipinski definition) is 5. The molecule has 0 spiro atoms. The minimum atomic E-state index is -0.252. The van der Waals surface area contributed by atoms with E-state index >= 15 is 0 Å². The summed E-state index contributed by atoms with van der Waals surface area (Å²) in [5.74, 6) is 4.60. The van der Waals surface area contributed by atoms with Crippen molar-refractivity contribution in [3.05, 3.63) is 11.6 Å². The Bertz CT molecular complexity index is 932. The maximum atomic E-state index is 12.6. The number of nitrogens with one attached hydrogen (secondary N) is 1. The molecule has 4 aliphatic rings. The Morgan fingerprint density at radius 1 is 0.976 bits per heavy atom. The van der Waals surface area contributed by atoms with Gasteiger partial charge in [-0.05, 0) is 91.3 Å². The minimum absolute atomic E-state index is 0.0537. The van der Waals surface area contributed by atoms with E-state index in [1.54, 1.807) is 12.7 Å². The van der Waals surface area contributed by atoms with E-state index in [0.717, 1.165) is 54.8 Å². The third kappa shape index (κ3) is 7.81. The fraction of sp³-hybridized carbons (Fsp3) is 0.889. The van der Waals surface area contributed by atoms with Gasteiger partial charge in [0.25, 0.3) is 0 Å². The largest absolute Gasteiger partial charge is 0.462 e. The van der Waals surface area contributed by atoms with Gasteiger partial charge in [-0.1, -0.05) is 65.5 Å². The van der Waals surface area contributed by atoms with Gasteiger partial charge in [0.2, 0.25) is 5.91 Å². The maximum absolute atomic E-state index is 12.6. The van der Waals surface area contributed by atoms with E-state index in [-0.39, 0.29) is 36.2 Å². The van der Waals surface area contributed by atoms with Crippen molar-refractivity contribution < 1.29 is 23.8 Å². The lowest BCUT2D eigenvalue weighted by atomic mass is 9.47. The van der Waals surface area contributed by atoms with Crippen LogP contribution in [0.3, 0.4) is 0 Å². The molecule has 0 aromatic heterocycles. The third-order valence-corrected chi connectivity index (χ3v) is 12.1. The molecule has 42 heavy (non-hydrogen) atoms. The van der Waals surface area contributed by atoms with Gasteiger partial charge in [-0.15, -0.1) is 0 Å². The number of esters is 1. The molecular formula is C36H61NO5. The number of ether oxygens (including phenoxy) is 3. The first-order valence-corrected chi connectivity index (χ1v) is 17.3. The average molecular weight is 588 g/mol. The Labute approximate surface area is 256 Å². The fourth-order valence-electron chi connectivity index (χ4n) is 9.81. The number of allylic oxidation sites excluding steroid dienone is 1. The maximum Gasteiger partial charge on any atom is 0.306 e. The van der Waals surface area contributed by atoms with Crippen LogP contribution in [0, 0.1) is 46.3 Å². The number of fused-ring (bicyclic) bond motifs is 5. The van der Waals surface area contributed by atoms with Gasteiger partial charge in [0, 0.05) is 26.5 Å². The molecule has 0 unspecified atom stereocenters. The van der Waals surface area contributed by atoms with Crippen molar-refractivity contribution in [1.29, 1.82) is 0 Å². The molecule has 6 heteroatoms. The molecule has 0 aromatic carbocycles. The van der Waals surface area contributed by atoms with E-state index in [2.05, 4.69) is 46.0 Å². The van der Waals surface area contributed by atoms with E-state index in [9.17, 15) is 9.59 Å². The summed E-state index contributed by atoms with van der Waals surface area (Å²) in [5.41, 5.74) is 2.30. The highest BCUT2D eigenvalue weighted by atomic mass is 16.5. The first kappa shape index (κ1) is 33.5. The molecule has 0 bridgehead atoms. The van der Waals surface area contributed by atoms with Crippen LogP contribution in [0.25, 0.3) is 0 Å². The lowest BCUT2D eigenvalue weighted by Crippen LogP contribution is -2.51. The molecule has 0 aliphatic heterocycles. The molecule has 8 atom stereocenters. The zero-order chi connectivity index (χ0) is 30.3. The van der Waals surface area contributed by atoms with Gasteiger partial charge in [0.15, 0.2) is 0 Å². The molecule has 0 saturated heterocycles. The number of carbonyl (C=O) groups excluding carboxylic acids is 2. The molecule has 1 N–H and O–H groups in total. The van der Waals surface area contributed by atoms with Crippen LogP contribution < -0.4 is 5.32 Å². The summed E-state index contributed by atoms with van der Waals surface area (Å²) in [5, 5.41) is 2.81. The number of hydrogen-bond donors (Lipinski definition) is 1. The SMILES string of the molecule is COCCOCCNC(=O)CCC(=O)O[C@H]1CC[C@@]2(C)C(=CC[C@H]3[C@@H]4CC[C@H]([C@H](C)CCCC(C)C)[C@@]4(C)CC[C@@H]32)C1. The molecule has 3 fully saturated rings. The summed E-state index contributed by atoms with van der Waals surface area (Å²) < 4.78 is 16.2. The monoisotopic (exact) mass is 587 g/mol. The molecule has 4 rings (SSSR count). The van der Waals surface area contributed by atoms with Crippen LogP contribution in [0.5, 0.6) is 0 Å². The number of amides is 1. The predicted octanol–water partition coefficient (Wildman–Crippen LogP) is 7.50. The molecule has 6 nitrogen and oxygen atoms in total. The van der Waals surface area contributed by atoms with Crippen LogP contribution in [0.4, 0.5) is 0 Å². The van der Waals surface area contributed by atoms with E-state index in [1.807, 2.05) is 0 Å². The second kappa shape index (κ2) is 15.1. The van der Waals surface area contributed by atoms with Crippen molar-refractivity contribution in [3.8, 4) is 0 Å². The van der Waals surface area contributed by atoms with Gasteiger partial charge in [-0.2, -0.15) is 0 Å². The smallest absolute Gasteiger partial charge is 0.306 e. The molecule has 0 heterocycles. The summed E-state index contributed by atoms with van der Waals surface area (Å²) in [6.45, 7) is 14.4. The quantitative estimate of drug-likeness (QED) is 0.122. The molecule has 0 aromatic rings. The Balaban J connectivity index is 1.25. The fourth-order valence-corrected chi connectivity index (χ4v) is 9.81. The average Bonchev–Trinajstić information content (AvgIpc) is 3.31. The standard InChI is InChI=1S/C36H61NO5/c1-25(2)8-7-9-26(3)30-12-13-31-29-11-10-27-24-28(16-18-35(27,4)32(29)17-19-36(30,31)5)42-34(39)15-14-33(38)37-20-21-41-23-22-40-6/h10,25-26,28-32H,7-9,11-24H2,1-6H3,(H,37,38)/t26-,28+,29+,30-,31+,32+,35+,36-/m1/s1. The molecule has 3 saturated carbocycles. The molecule has 240 valence electrons. The van der Waals surface area contributed by atoms with Gasteiger partial charge in [-0.3, -0.25) is 9.59 Å². The zero-order valence-electron chi connectivity index (χ0n) is 27.7. The zero-order valence-corrected chi connectivity index (χ0v) is 27.7. The number of rotatable bonds is 15. The molecule has 4 aliphatic carbocycles. The Morgan fingerprint density at radius 3 is 2.55 bits per heavy atom. The molecular weight excluding hydrogens is 526 g/mol. The molecule has 0 radical (unpaired) electrons. The first-order valence-electron chi connectivity index (χ1n) is 17.3. The summed E-state index contributed by atoms with van der Waals surface area (Å²) in [7, 11) is 1.63. The van der Waals surface area contributed by atoms with E-state index < -0.39 is 0 Å². The van der Waals surface area contributed by atoms with Crippen LogP contribution >= 0.6 is 0 Å². The van der Waals surface area contributed by atoms with Crippen molar-refractivity contribution in [2.45, 2.75) is 124 Å². The number of methoxy groups -OCH3 is 1. The van der Waals surface area contributed by atoms with Crippen molar-refractivity contribution in [3.63, 3.8) is 0 Å². The topological polar surface area (TPSA) is 73.9 Å². The third-order valence-electron chi connectivity index (χ3n) is 12.1. The Morgan fingerprint density at radius 2 is 1.79 bits per heavy atom. The molecule has 1 amide bonds. The van der Waals surface area contributed by atoms with Crippen LogP contribution in [0.1, 0.15) is 118 Å². The highest BCUT2D eigenvalue weighted by Gasteiger charge is 2.59. The Kier molecular flexibility index (Phi) is 12.0. The normalized spacial score (nSPS) is 34.6. The van der Waals surface area contributed by atoms with E-state index in [0.29, 0.717) is 31.8 Å². The highest BCUT2D eigenvalue weighted by Crippen LogP contribution is 2.67. The summed E-state index contributed by atoms with van der Waals surface area (Å²) in [6.07, 6.45) is 16.7. The van der Waals surface area contributed by atoms with Crippen LogP contribution in [-0.2, 0) is 23.8 Å². The van der Waals surface area contributed by atoms with Gasteiger partial charge in [0.1, 0.15) is 6.10 Å². The van der Waals surface area contributed by atoms with E-state index in [1.165, 1.54) is 51.4 Å². The van der Waals surface area contributed by atoms with Crippen LogP contribution in [0.2, 0.25) is 0 Å². The first-order chi connectivity index (χ1) is 20.1. The highest BCUT2D eigenvalue weighted by molar-refractivity contribution is 5.81. The lowest BCUT2D eigenvalue weighted by molar-refractivity contribution is -0.152. The van der Waals surface area contributed by atoms with Gasteiger partial charge < -0.3 is 19.5 Å². The number of carbonyl (C=O) groups is 2. The van der Waals surface area contributed by atoms with E-state index in [4.69, 9.17) is 14.2 Å². The van der Waals surface area contributed by atoms with Gasteiger partial charge in [-0.25, -0.2) is 0 Å². The van der Waals surface area contributed by atoms with Gasteiger partial charge >= 0.3 is 5.97 Å². The Hall–Kier alpha value is -1.40. The summed E-state index contributed by atoms with van der Waals surface area (Å²) >= 11 is 0. The summed E-state index contributed by atoms with van der Waals surface area (Å²) in [4.78, 5) is 24.7. The lowest BCUT2D eigenvalue weighted by Gasteiger charge is -2.58. The van der Waals surface area contributed by atoms with Crippen molar-refractivity contribution in [2.75, 3.05) is 33.5 Å². The van der Waals surface area contributed by atoms with Crippen LogP contribution in [0.15, 0.2) is 11.6 Å². The summed E-state index contributed by atoms with van der Waals surface area (Å²) in [6, 6.07) is 0. The second-order valence-electron chi connectivity index (χ2n) is 15.1. The predicted molar refractivity (Wildman–Crippen MR) is 168 cm³/mol. The van der Waals surface area contributed by atoms with Crippen molar-refractivity contribution in [1.82, 2.24) is 5.32 Å².